The van der Waals surface area contributed by atoms with Crippen LogP contribution in [0.1, 0.15) is 679 Å². The third kappa shape index (κ3) is 112. The molecule has 0 aliphatic carbocycles. The highest BCUT2D eigenvalue weighted by atomic mass is 16.6. The molecule has 0 aromatic carbocycles. The van der Waals surface area contributed by atoms with Crippen LogP contribution in [0.25, 0.3) is 0 Å². The summed E-state index contributed by atoms with van der Waals surface area (Å²) in [5.74, 6) is -7.52. The van der Waals surface area contributed by atoms with Gasteiger partial charge in [0.15, 0.2) is 0 Å². The molecular weight excluding hydrogens is 1830 g/mol. The number of carboxylic acid groups (broad SMARTS) is 2. The third-order valence-corrected chi connectivity index (χ3v) is 29.1. The van der Waals surface area contributed by atoms with Gasteiger partial charge in [-0.15, -0.1) is 0 Å². The first kappa shape index (κ1) is 150. The molecule has 7 N–H and O–H groups in total. The van der Waals surface area contributed by atoms with E-state index in [1.54, 1.807) is 0 Å². The number of aliphatic carboxylic acids is 2. The molecule has 146 heavy (non-hydrogen) atoms. The molecule has 0 aromatic heterocycles. The van der Waals surface area contributed by atoms with Gasteiger partial charge in [0.05, 0.1) is 39.6 Å². The predicted octanol–water partition coefficient (Wildman–Crippen LogP) is 35.5. The molecule has 0 atom stereocenters. The standard InChI is InChI=1S/C61H114O8.C23H46O4.C19H36O3.C18H38O.C5H10O4/c1-5-8-11-14-17-20-23-26-29-32-35-38-41-44-47-50-53-67-60(66)61(4,54-68-58(64)56(62)51-48-45-42-39-36-33-30-27-24-21-18-15-12-9-6-2)55-69-59(65)57(63)52-49-46-43-40-37-34-31-28-25-22-19-16-13-10-7-3;1-3-4-5-6-7-8-9-10-11-12-13-14-15-16-17-18-19-27-22(26)23(2,20-24)21-25;1-2-3-4-5-6-7-8-9-10-11-12-13-14-15-16-17-18(20)19(21)22;1-2-3-4-5-6-7-8-9-10-11-12-13-14-15-16-17-18-19;1-5(2-6,3-7)4(8)9/h5-55H2,1-4H3;24-25H,3-21H2,1-2H3;2-17H2,1H3,(H,21,22);19H,2-18H2,1H3;6-7H,2-3H2,1H3,(H,8,9). The largest absolute Gasteiger partial charge is 0.481 e. The fourth-order valence-corrected chi connectivity index (χ4v) is 18.1. The van der Waals surface area contributed by atoms with Crippen LogP contribution in [0.15, 0.2) is 0 Å². The first-order chi connectivity index (χ1) is 71.0. The van der Waals surface area contributed by atoms with Crippen molar-refractivity contribution >= 4 is 53.2 Å². The lowest BCUT2D eigenvalue weighted by atomic mass is 9.93. The number of aliphatic hydroxyl groups excluding tert-OH is 5. The highest BCUT2D eigenvalue weighted by Gasteiger charge is 2.40. The number of Topliss-reactive ketones (excluding diaryl/α,β-unsaturated/α-hetero) is 3. The molecule has 0 amide bonds. The SMILES string of the molecule is CC(CO)(CO)C(=O)O.CCCCCCCCCCCCCCCCCC(=O)C(=O)O.CCCCCCCCCCCCCCCCCCO.CCCCCCCCCCCCCCCCCCOC(=O)C(C)(CO)CO.CCCCCCCCCCCCCCCCCCOC(=O)C(C)(COC(=O)C(=O)CCCCCCCCCCCCCCCCC)COC(=O)C(=O)CCCCCCCCCCCCCCCCC. The number of esters is 4. The van der Waals surface area contributed by atoms with Crippen molar-refractivity contribution in [2.45, 2.75) is 679 Å². The van der Waals surface area contributed by atoms with Crippen molar-refractivity contribution in [3.05, 3.63) is 0 Å². The van der Waals surface area contributed by atoms with Gasteiger partial charge in [-0.2, -0.15) is 0 Å². The molecule has 0 heterocycles. The zero-order chi connectivity index (χ0) is 109. The predicted molar refractivity (Wildman–Crippen MR) is 611 cm³/mol. The molecule has 0 fully saturated rings. The van der Waals surface area contributed by atoms with E-state index in [4.69, 9.17) is 54.7 Å². The number of ether oxygens (including phenoxy) is 4. The molecular formula is C126H244O20. The number of hydrogen-bond donors (Lipinski definition) is 7. The molecule has 0 saturated heterocycles. The van der Waals surface area contributed by atoms with Gasteiger partial charge < -0.3 is 54.7 Å². The summed E-state index contributed by atoms with van der Waals surface area (Å²) in [4.78, 5) is 108. The van der Waals surface area contributed by atoms with Crippen LogP contribution in [-0.2, 0) is 62.1 Å². The molecule has 0 spiro atoms. The maximum Gasteiger partial charge on any atom is 0.374 e. The molecule has 0 unspecified atom stereocenters. The highest BCUT2D eigenvalue weighted by Crippen LogP contribution is 2.27. The summed E-state index contributed by atoms with van der Waals surface area (Å²) in [6.45, 7) is 16.0. The Morgan fingerprint density at radius 1 is 0.178 bits per heavy atom. The molecule has 0 aliphatic heterocycles. The number of ketones is 3. The lowest BCUT2D eigenvalue weighted by Gasteiger charge is -2.26. The van der Waals surface area contributed by atoms with Crippen molar-refractivity contribution in [2.24, 2.45) is 16.2 Å². The fraction of sp³-hybridized carbons (Fsp3) is 0.929. The maximum atomic E-state index is 13.5. The van der Waals surface area contributed by atoms with E-state index in [1.165, 1.54) is 502 Å². The number of hydrogen-bond acceptors (Lipinski definition) is 18. The number of carbonyl (C=O) groups excluding carboxylic acids is 7. The van der Waals surface area contributed by atoms with E-state index in [9.17, 15) is 43.2 Å². The van der Waals surface area contributed by atoms with Crippen LogP contribution in [0, 0.1) is 16.2 Å². The Hall–Kier alpha value is -4.37. The minimum absolute atomic E-state index is 0.0975. The summed E-state index contributed by atoms with van der Waals surface area (Å²) in [7, 11) is 0. The second-order valence-corrected chi connectivity index (χ2v) is 44.4. The van der Waals surface area contributed by atoms with Gasteiger partial charge in [-0.25, -0.2) is 14.4 Å². The Bertz CT molecular complexity index is 2670. The second kappa shape index (κ2) is 122. The average Bonchev–Trinajstić information content (AvgIpc) is 0.845. The highest BCUT2D eigenvalue weighted by molar-refractivity contribution is 6.34. The van der Waals surface area contributed by atoms with E-state index < -0.39 is 95.8 Å². The van der Waals surface area contributed by atoms with Crippen LogP contribution in [-0.4, -0.2) is 148 Å². The monoisotopic (exact) mass is 2080 g/mol. The molecule has 20 heteroatoms. The zero-order valence-electron chi connectivity index (χ0n) is 97.7. The second-order valence-electron chi connectivity index (χ2n) is 44.4. The average molecular weight is 2080 g/mol. The summed E-state index contributed by atoms with van der Waals surface area (Å²) in [6, 6.07) is 0. The quantitative estimate of drug-likeness (QED) is 0.0129. The molecule has 0 aromatic rings. The minimum Gasteiger partial charge on any atom is -0.481 e. The molecule has 0 saturated carbocycles. The van der Waals surface area contributed by atoms with Crippen molar-refractivity contribution in [1.82, 2.24) is 0 Å². The van der Waals surface area contributed by atoms with E-state index in [1.807, 2.05) is 0 Å². The topological polar surface area (TPSA) is 332 Å². The maximum absolute atomic E-state index is 13.5. The summed E-state index contributed by atoms with van der Waals surface area (Å²) < 4.78 is 21.6. The molecule has 0 aliphatic rings. The normalized spacial score (nSPS) is 11.4. The smallest absolute Gasteiger partial charge is 0.374 e. The van der Waals surface area contributed by atoms with Gasteiger partial charge in [-0.1, -0.05) is 600 Å². The number of aliphatic hydroxyl groups is 5. The van der Waals surface area contributed by atoms with Crippen LogP contribution in [0.5, 0.6) is 0 Å². The Balaban J connectivity index is -0.000000691. The first-order valence-corrected chi connectivity index (χ1v) is 62.8. The van der Waals surface area contributed by atoms with Crippen LogP contribution < -0.4 is 0 Å². The van der Waals surface area contributed by atoms with Gasteiger partial charge in [-0.3, -0.25) is 28.8 Å². The fourth-order valence-electron chi connectivity index (χ4n) is 18.1. The zero-order valence-corrected chi connectivity index (χ0v) is 97.7. The number of carbonyl (C=O) groups is 9. The van der Waals surface area contributed by atoms with Crippen LogP contribution in [0.3, 0.4) is 0 Å². The van der Waals surface area contributed by atoms with Gasteiger partial charge in [0, 0.05) is 25.9 Å². The molecule has 868 valence electrons. The molecule has 0 radical (unpaired) electrons. The van der Waals surface area contributed by atoms with Gasteiger partial charge in [0.25, 0.3) is 0 Å². The third-order valence-electron chi connectivity index (χ3n) is 29.1. The van der Waals surface area contributed by atoms with Crippen LogP contribution >= 0.6 is 0 Å². The van der Waals surface area contributed by atoms with Crippen LogP contribution in [0.4, 0.5) is 0 Å². The summed E-state index contributed by atoms with van der Waals surface area (Å²) in [6.07, 6.45) is 119. The Morgan fingerprint density at radius 3 is 0.479 bits per heavy atom. The van der Waals surface area contributed by atoms with Crippen molar-refractivity contribution < 1.29 is 97.8 Å². The molecule has 0 bridgehead atoms. The Morgan fingerprint density at radius 2 is 0.329 bits per heavy atom. The molecule has 0 rings (SSSR count). The Kier molecular flexibility index (Phi) is 126. The molecule has 20 nitrogen and oxygen atoms in total. The Labute approximate surface area is 900 Å². The van der Waals surface area contributed by atoms with Crippen molar-refractivity contribution in [2.75, 3.05) is 59.5 Å². The van der Waals surface area contributed by atoms with Crippen molar-refractivity contribution in [3.8, 4) is 0 Å². The van der Waals surface area contributed by atoms with E-state index >= 15 is 0 Å². The van der Waals surface area contributed by atoms with Gasteiger partial charge in [0.2, 0.25) is 17.3 Å². The number of carboxylic acids is 2. The number of unbranched alkanes of at least 4 members (excludes halogenated alkanes) is 87. The van der Waals surface area contributed by atoms with Gasteiger partial charge >= 0.3 is 35.8 Å². The summed E-state index contributed by atoms with van der Waals surface area (Å²) in [5.41, 5.74) is -4.11. The lowest BCUT2D eigenvalue weighted by molar-refractivity contribution is -0.173. The van der Waals surface area contributed by atoms with Crippen LogP contribution in [0.2, 0.25) is 0 Å². The summed E-state index contributed by atoms with van der Waals surface area (Å²) in [5, 5.41) is 60.5. The summed E-state index contributed by atoms with van der Waals surface area (Å²) >= 11 is 0. The number of rotatable bonds is 112. The van der Waals surface area contributed by atoms with E-state index in [2.05, 4.69) is 41.5 Å². The van der Waals surface area contributed by atoms with E-state index in [0.717, 1.165) is 96.3 Å². The van der Waals surface area contributed by atoms with E-state index in [-0.39, 0.29) is 39.1 Å². The lowest BCUT2D eigenvalue weighted by Crippen LogP contribution is -2.41. The minimum atomic E-state index is -1.55. The van der Waals surface area contributed by atoms with Crippen molar-refractivity contribution in [1.29, 1.82) is 0 Å². The van der Waals surface area contributed by atoms with Gasteiger partial charge in [0.1, 0.15) is 29.5 Å². The van der Waals surface area contributed by atoms with E-state index in [0.29, 0.717) is 32.5 Å². The van der Waals surface area contributed by atoms with Crippen molar-refractivity contribution in [3.63, 3.8) is 0 Å². The van der Waals surface area contributed by atoms with Gasteiger partial charge in [-0.05, 0) is 59.3 Å². The first-order valence-electron chi connectivity index (χ1n) is 62.8.